The van der Waals surface area contributed by atoms with Crippen molar-refractivity contribution in [1.82, 2.24) is 19.0 Å². The zero-order chi connectivity index (χ0) is 30.8. The summed E-state index contributed by atoms with van der Waals surface area (Å²) in [6, 6.07) is 46.5. The molecule has 0 fully saturated rings. The third kappa shape index (κ3) is 4.79. The number of pyridine rings is 1. The number of aromatic nitrogens is 3. The Bertz CT molecular complexity index is 2480. The quantitative estimate of drug-likeness (QED) is 0.163. The van der Waals surface area contributed by atoms with Crippen LogP contribution >= 0.6 is 0 Å². The van der Waals surface area contributed by atoms with Crippen LogP contribution < -0.4 is 9.64 Å². The molecule has 4 heterocycles. The molecule has 5 aromatic carbocycles. The molecule has 0 atom stereocenters. The molecule has 0 saturated carbocycles. The largest absolute Gasteiger partial charge is 0.510 e. The Kier molecular flexibility index (Phi) is 7.11. The molecular weight excluding hydrogens is 762 g/mol. The van der Waals surface area contributed by atoms with Gasteiger partial charge in [-0.15, -0.1) is 41.4 Å². The molecular formula is C40H28N5OPt-3. The van der Waals surface area contributed by atoms with Gasteiger partial charge in [0.1, 0.15) is 5.82 Å². The summed E-state index contributed by atoms with van der Waals surface area (Å²) in [6.45, 7) is 2.05. The number of para-hydroxylation sites is 2. The Labute approximate surface area is 287 Å². The van der Waals surface area contributed by atoms with Gasteiger partial charge in [-0.1, -0.05) is 72.2 Å². The van der Waals surface area contributed by atoms with Crippen LogP contribution in [0.5, 0.6) is 11.5 Å². The van der Waals surface area contributed by atoms with Crippen molar-refractivity contribution in [3.05, 3.63) is 152 Å². The average Bonchev–Trinajstić information content (AvgIpc) is 3.74. The number of hydrogen-bond donors (Lipinski definition) is 0. The Morgan fingerprint density at radius 2 is 1.38 bits per heavy atom. The van der Waals surface area contributed by atoms with E-state index in [2.05, 4.69) is 124 Å². The van der Waals surface area contributed by atoms with Crippen LogP contribution in [0.4, 0.5) is 5.69 Å². The van der Waals surface area contributed by atoms with E-state index in [9.17, 15) is 0 Å². The number of aryl methyl sites for hydroxylation is 1. The van der Waals surface area contributed by atoms with Gasteiger partial charge in [-0.25, -0.2) is 4.98 Å². The normalized spacial score (nSPS) is 13.1. The van der Waals surface area contributed by atoms with Gasteiger partial charge >= 0.3 is 0 Å². The number of anilines is 1. The summed E-state index contributed by atoms with van der Waals surface area (Å²) in [5.41, 5.74) is 7.38. The van der Waals surface area contributed by atoms with Crippen molar-refractivity contribution < 1.29 is 25.8 Å². The van der Waals surface area contributed by atoms with E-state index in [1.165, 1.54) is 10.9 Å². The summed E-state index contributed by atoms with van der Waals surface area (Å²) in [5, 5.41) is 4.57. The molecule has 47 heavy (non-hydrogen) atoms. The summed E-state index contributed by atoms with van der Waals surface area (Å²) in [4.78, 5) is 9.16. The summed E-state index contributed by atoms with van der Waals surface area (Å²) in [5.74, 6) is 2.05. The van der Waals surface area contributed by atoms with Gasteiger partial charge in [0.15, 0.2) is 0 Å². The second kappa shape index (κ2) is 11.5. The van der Waals surface area contributed by atoms with Gasteiger partial charge < -0.3 is 23.7 Å². The van der Waals surface area contributed by atoms with Crippen LogP contribution in [-0.2, 0) is 28.1 Å². The second-order valence-electron chi connectivity index (χ2n) is 11.6. The van der Waals surface area contributed by atoms with E-state index in [1.807, 2.05) is 55.1 Å². The molecule has 0 spiro atoms. The van der Waals surface area contributed by atoms with Gasteiger partial charge in [-0.2, -0.15) is 18.8 Å². The topological polar surface area (TPSA) is 38.5 Å². The van der Waals surface area contributed by atoms with Gasteiger partial charge in [-0.05, 0) is 36.3 Å². The average molecular weight is 790 g/mol. The van der Waals surface area contributed by atoms with Crippen molar-refractivity contribution in [2.75, 3.05) is 11.9 Å². The predicted molar refractivity (Wildman–Crippen MR) is 186 cm³/mol. The Morgan fingerprint density at radius 3 is 2.21 bits per heavy atom. The van der Waals surface area contributed by atoms with E-state index in [0.717, 1.165) is 55.5 Å². The molecule has 0 bridgehead atoms. The first-order valence-electron chi connectivity index (χ1n) is 15.2. The number of ether oxygens (including phenoxy) is 1. The number of rotatable bonds is 5. The van der Waals surface area contributed by atoms with E-state index in [4.69, 9.17) is 9.72 Å². The van der Waals surface area contributed by atoms with Crippen LogP contribution in [0.25, 0.3) is 55.1 Å². The SMILES string of the molecule is CN1C=C(c2ccccc2)N(c2[c-]c(Oc3[c-]c4c(cc3)c3ccccc3n4-c3cc4c(cn3)c3ccccc3n4C)ccc2)[CH-]1.[Pt]. The van der Waals surface area contributed by atoms with Gasteiger partial charge in [0.05, 0.1) is 5.52 Å². The predicted octanol–water partition coefficient (Wildman–Crippen LogP) is 9.08. The molecule has 0 radical (unpaired) electrons. The third-order valence-corrected chi connectivity index (χ3v) is 8.76. The molecule has 3 aromatic heterocycles. The van der Waals surface area contributed by atoms with Crippen LogP contribution in [0.15, 0.2) is 128 Å². The summed E-state index contributed by atoms with van der Waals surface area (Å²) >= 11 is 0. The Hall–Kier alpha value is -5.32. The van der Waals surface area contributed by atoms with E-state index < -0.39 is 0 Å². The van der Waals surface area contributed by atoms with Crippen LogP contribution in [0.2, 0.25) is 0 Å². The van der Waals surface area contributed by atoms with E-state index in [0.29, 0.717) is 11.5 Å². The fourth-order valence-corrected chi connectivity index (χ4v) is 6.64. The smallest absolute Gasteiger partial charge is 0.137 e. The molecule has 9 rings (SSSR count). The summed E-state index contributed by atoms with van der Waals surface area (Å²) < 4.78 is 10.9. The van der Waals surface area contributed by atoms with Gasteiger partial charge in [0, 0.05) is 79.4 Å². The Morgan fingerprint density at radius 1 is 0.660 bits per heavy atom. The second-order valence-corrected chi connectivity index (χ2v) is 11.6. The molecule has 1 aliphatic heterocycles. The van der Waals surface area contributed by atoms with Crippen LogP contribution in [0.1, 0.15) is 5.56 Å². The monoisotopic (exact) mass is 789 g/mol. The van der Waals surface area contributed by atoms with Crippen LogP contribution in [0.3, 0.4) is 0 Å². The van der Waals surface area contributed by atoms with E-state index >= 15 is 0 Å². The molecule has 0 aliphatic carbocycles. The standard InChI is InChI=1S/C40H28N5O.Pt/c1-42-25-39(27-11-4-3-5-12-27)44(26-42)28-13-10-14-29(21-28)46-30-19-20-33-31-15-7-9-18-36(31)45(38(33)22-30)40-23-37-34(24-41-40)32-16-6-8-17-35(32)43(37)2;/h3-20,23-26H,1-2H3;/q-3;. The van der Waals surface area contributed by atoms with E-state index in [-0.39, 0.29) is 21.1 Å². The van der Waals surface area contributed by atoms with Gasteiger partial charge in [-0.3, -0.25) is 0 Å². The van der Waals surface area contributed by atoms with Crippen LogP contribution in [0, 0.1) is 18.8 Å². The number of fused-ring (bicyclic) bond motifs is 6. The first-order chi connectivity index (χ1) is 22.6. The molecule has 7 heteroatoms. The van der Waals surface area contributed by atoms with Crippen molar-refractivity contribution in [1.29, 1.82) is 0 Å². The number of nitrogens with zero attached hydrogens (tertiary/aromatic N) is 5. The van der Waals surface area contributed by atoms with Crippen molar-refractivity contribution >= 4 is 55.0 Å². The fourth-order valence-electron chi connectivity index (χ4n) is 6.64. The maximum Gasteiger partial charge on any atom is 0.137 e. The van der Waals surface area contributed by atoms with Crippen molar-refractivity contribution in [3.8, 4) is 17.3 Å². The zero-order valence-electron chi connectivity index (χ0n) is 25.7. The summed E-state index contributed by atoms with van der Waals surface area (Å²) in [6.07, 6.45) is 4.10. The molecule has 232 valence electrons. The van der Waals surface area contributed by atoms with E-state index in [1.54, 1.807) is 0 Å². The maximum absolute atomic E-state index is 6.45. The minimum absolute atomic E-state index is 0. The van der Waals surface area contributed by atoms with Gasteiger partial charge in [0.2, 0.25) is 0 Å². The molecule has 0 amide bonds. The molecule has 0 N–H and O–H groups in total. The van der Waals surface area contributed by atoms with Crippen LogP contribution in [-0.4, -0.2) is 26.1 Å². The molecule has 0 unspecified atom stereocenters. The van der Waals surface area contributed by atoms with Gasteiger partial charge in [0.25, 0.3) is 0 Å². The van der Waals surface area contributed by atoms with Crippen molar-refractivity contribution in [2.24, 2.45) is 7.05 Å². The first-order valence-corrected chi connectivity index (χ1v) is 15.2. The minimum Gasteiger partial charge on any atom is -0.510 e. The fraction of sp³-hybridized carbons (Fsp3) is 0.0500. The molecule has 1 aliphatic rings. The minimum atomic E-state index is 0. The van der Waals surface area contributed by atoms with Crippen molar-refractivity contribution in [2.45, 2.75) is 0 Å². The Balaban J connectivity index is 0.00000324. The molecule has 0 saturated heterocycles. The summed E-state index contributed by atoms with van der Waals surface area (Å²) in [7, 11) is 4.14. The number of hydrogen-bond acceptors (Lipinski definition) is 4. The maximum atomic E-state index is 6.45. The molecule has 8 aromatic rings. The number of benzene rings is 5. The zero-order valence-corrected chi connectivity index (χ0v) is 27.9. The third-order valence-electron chi connectivity index (χ3n) is 8.76. The molecule has 6 nitrogen and oxygen atoms in total. The van der Waals surface area contributed by atoms with Crippen molar-refractivity contribution in [3.63, 3.8) is 0 Å². The first kappa shape index (κ1) is 29.1.